The van der Waals surface area contributed by atoms with Crippen molar-refractivity contribution in [2.45, 2.75) is 75.9 Å². The number of methoxy groups -OCH3 is 1. The van der Waals surface area contributed by atoms with E-state index >= 15 is 0 Å². The maximum Gasteiger partial charge on any atom is 0.286 e. The first kappa shape index (κ1) is 34.4. The number of halogens is 1. The van der Waals surface area contributed by atoms with Gasteiger partial charge < -0.3 is 14.4 Å². The molecule has 270 valence electrons. The molecule has 1 spiro atoms. The van der Waals surface area contributed by atoms with Crippen LogP contribution in [0.1, 0.15) is 89.8 Å². The highest BCUT2D eigenvalue weighted by Crippen LogP contribution is 2.47. The van der Waals surface area contributed by atoms with Crippen LogP contribution in [0.2, 0.25) is 5.02 Å². The Labute approximate surface area is 305 Å². The molecule has 1 unspecified atom stereocenters. The van der Waals surface area contributed by atoms with E-state index in [1.165, 1.54) is 17.3 Å². The molecule has 1 N–H and O–H groups in total. The van der Waals surface area contributed by atoms with E-state index < -0.39 is 21.7 Å². The summed E-state index contributed by atoms with van der Waals surface area (Å²) in [5, 5.41) is 5.06. The number of fused-ring (bicyclic) bond motifs is 4. The van der Waals surface area contributed by atoms with Gasteiger partial charge in [-0.3, -0.25) is 19.0 Å². The van der Waals surface area contributed by atoms with Gasteiger partial charge in [0.25, 0.3) is 11.8 Å². The van der Waals surface area contributed by atoms with Crippen LogP contribution in [0, 0.1) is 17.8 Å². The highest BCUT2D eigenvalue weighted by atomic mass is 35.5. The van der Waals surface area contributed by atoms with Gasteiger partial charge in [-0.05, 0) is 111 Å². The van der Waals surface area contributed by atoms with E-state index in [-0.39, 0.29) is 23.2 Å². The van der Waals surface area contributed by atoms with Gasteiger partial charge in [-0.15, -0.1) is 4.36 Å². The third kappa shape index (κ3) is 6.97. The van der Waals surface area contributed by atoms with E-state index in [1.807, 2.05) is 25.1 Å². The number of hydrogen-bond donors (Lipinski definition) is 1. The van der Waals surface area contributed by atoms with Crippen molar-refractivity contribution < 1.29 is 23.3 Å². The molecule has 3 aromatic rings. The number of amides is 2. The van der Waals surface area contributed by atoms with Crippen LogP contribution >= 0.6 is 11.6 Å². The molecule has 2 saturated carbocycles. The molecule has 2 aromatic carbocycles. The Balaban J connectivity index is 1.18. The number of carbonyl (C=O) groups is 2. The van der Waals surface area contributed by atoms with Gasteiger partial charge in [0.2, 0.25) is 0 Å². The molecule has 10 nitrogen and oxygen atoms in total. The fourth-order valence-corrected chi connectivity index (χ4v) is 10.7. The normalized spacial score (nSPS) is 31.3. The first-order valence-electron chi connectivity index (χ1n) is 18.3. The second kappa shape index (κ2) is 13.7. The summed E-state index contributed by atoms with van der Waals surface area (Å²) < 4.78 is 36.0. The van der Waals surface area contributed by atoms with Crippen molar-refractivity contribution in [2.75, 3.05) is 37.5 Å². The molecule has 2 fully saturated rings. The average Bonchev–Trinajstić information content (AvgIpc) is 3.85. The lowest BCUT2D eigenvalue weighted by atomic mass is 9.68. The predicted octanol–water partition coefficient (Wildman–Crippen LogP) is 6.93. The molecule has 12 heteroatoms. The summed E-state index contributed by atoms with van der Waals surface area (Å²) in [6, 6.07) is 11.9. The number of nitrogens with one attached hydrogen (secondary N) is 1. The van der Waals surface area contributed by atoms with Gasteiger partial charge in [-0.25, -0.2) is 4.21 Å². The molecule has 6 atom stereocenters. The Morgan fingerprint density at radius 1 is 1.16 bits per heavy atom. The Morgan fingerprint density at radius 2 is 2.02 bits per heavy atom. The van der Waals surface area contributed by atoms with Crippen LogP contribution in [0.4, 0.5) is 5.69 Å². The number of aromatic nitrogens is 2. The van der Waals surface area contributed by atoms with Crippen LogP contribution in [0.3, 0.4) is 0 Å². The second-order valence-corrected chi connectivity index (χ2v) is 17.8. The Bertz CT molecular complexity index is 2000. The molecular weight excluding hydrogens is 686 g/mol. The number of benzene rings is 2. The van der Waals surface area contributed by atoms with E-state index in [2.05, 4.69) is 43.4 Å². The SMILES string of the molecule is CO[C@H]1/C=C\C[C@H](C)CS(=O)(NC(=O)c2cnn(C3CC3)c2)=NC(=O)c2ccc3c(c2)N(C[C@@H]2CC[C@H]21)C[C@@]1(CCCc2cc(Cl)ccc21)CO3. The number of nitrogens with zero attached hydrogens (tertiary/aromatic N) is 4. The van der Waals surface area contributed by atoms with Crippen molar-refractivity contribution in [1.82, 2.24) is 14.5 Å². The fraction of sp³-hybridized carbons (Fsp3) is 0.513. The van der Waals surface area contributed by atoms with Crippen LogP contribution in [0.5, 0.6) is 5.75 Å². The summed E-state index contributed by atoms with van der Waals surface area (Å²) in [7, 11) is -1.75. The average molecular weight is 732 g/mol. The number of anilines is 1. The molecule has 5 aliphatic rings. The number of ether oxygens (including phenoxy) is 2. The van der Waals surface area contributed by atoms with Crippen molar-refractivity contribution in [3.63, 3.8) is 0 Å². The van der Waals surface area contributed by atoms with Gasteiger partial charge in [0.15, 0.2) is 0 Å². The minimum Gasteiger partial charge on any atom is -0.490 e. The maximum absolute atomic E-state index is 14.6. The van der Waals surface area contributed by atoms with Crippen molar-refractivity contribution in [3.8, 4) is 5.75 Å². The molecule has 0 radical (unpaired) electrons. The standard InChI is InChI=1S/C39H46ClN5O5S/c1-25-5-3-7-35(49-2)32-13-8-28(32)20-44-23-39(16-4-6-26-17-30(40)10-14-33(26)39)24-50-36-15-9-27(18-34(36)44)37(46)42-51(48,22-25)43-38(47)29-19-41-45(21-29)31-11-12-31/h3,7,9-10,14-15,17-19,21,25,28,31-32,35H,4-6,8,11-13,16,20,22-24H2,1-2H3,(H,42,43,46,47,48)/b7-3-/t25-,28-,32+,35-,39-,51?/m0/s1. The van der Waals surface area contributed by atoms with Gasteiger partial charge in [-0.2, -0.15) is 5.10 Å². The van der Waals surface area contributed by atoms with Crippen LogP contribution < -0.4 is 14.4 Å². The molecule has 0 saturated heterocycles. The number of hydrogen-bond acceptors (Lipinski definition) is 7. The van der Waals surface area contributed by atoms with Gasteiger partial charge >= 0.3 is 0 Å². The third-order valence-electron chi connectivity index (χ3n) is 11.6. The number of carbonyl (C=O) groups excluding carboxylic acids is 2. The summed E-state index contributed by atoms with van der Waals surface area (Å²) in [6.45, 7) is 3.98. The summed E-state index contributed by atoms with van der Waals surface area (Å²) in [5.74, 6) is 0.129. The zero-order valence-corrected chi connectivity index (χ0v) is 30.8. The number of aryl methyl sites for hydroxylation is 1. The molecule has 8 rings (SSSR count). The first-order valence-corrected chi connectivity index (χ1v) is 20.3. The Kier molecular flexibility index (Phi) is 9.25. The summed E-state index contributed by atoms with van der Waals surface area (Å²) in [5.41, 5.74) is 3.71. The molecule has 51 heavy (non-hydrogen) atoms. The summed E-state index contributed by atoms with van der Waals surface area (Å²) in [4.78, 5) is 29.8. The third-order valence-corrected chi connectivity index (χ3v) is 13.8. The van der Waals surface area contributed by atoms with Crippen LogP contribution in [0.15, 0.2) is 65.3 Å². The minimum atomic E-state index is -3.52. The van der Waals surface area contributed by atoms with E-state index in [1.54, 1.807) is 24.1 Å². The zero-order valence-electron chi connectivity index (χ0n) is 29.3. The largest absolute Gasteiger partial charge is 0.490 e. The number of rotatable bonds is 4. The molecule has 2 bridgehead atoms. The molecule has 2 amide bonds. The zero-order chi connectivity index (χ0) is 35.3. The van der Waals surface area contributed by atoms with Crippen molar-refractivity contribution in [1.29, 1.82) is 0 Å². The topological polar surface area (TPSA) is 115 Å². The smallest absolute Gasteiger partial charge is 0.286 e. The van der Waals surface area contributed by atoms with E-state index in [4.69, 9.17) is 21.1 Å². The van der Waals surface area contributed by atoms with Crippen LogP contribution in [-0.2, 0) is 26.5 Å². The van der Waals surface area contributed by atoms with Crippen LogP contribution in [0.25, 0.3) is 0 Å². The van der Waals surface area contributed by atoms with Gasteiger partial charge in [0.05, 0.1) is 42.0 Å². The van der Waals surface area contributed by atoms with Crippen molar-refractivity contribution >= 4 is 39.0 Å². The lowest BCUT2D eigenvalue weighted by molar-refractivity contribution is 0.0131. The fourth-order valence-electron chi connectivity index (χ4n) is 8.57. The van der Waals surface area contributed by atoms with Gasteiger partial charge in [0.1, 0.15) is 15.7 Å². The Hall–Kier alpha value is -3.67. The minimum absolute atomic E-state index is 0.0153. The Morgan fingerprint density at radius 3 is 2.80 bits per heavy atom. The van der Waals surface area contributed by atoms with E-state index in [0.717, 1.165) is 68.7 Å². The summed E-state index contributed by atoms with van der Waals surface area (Å²) >= 11 is 6.46. The van der Waals surface area contributed by atoms with E-state index in [0.29, 0.717) is 47.8 Å². The van der Waals surface area contributed by atoms with Crippen molar-refractivity contribution in [2.24, 2.45) is 22.1 Å². The quantitative estimate of drug-likeness (QED) is 0.290. The highest BCUT2D eigenvalue weighted by molar-refractivity contribution is 7.92. The highest BCUT2D eigenvalue weighted by Gasteiger charge is 2.44. The predicted molar refractivity (Wildman–Crippen MR) is 198 cm³/mol. The van der Waals surface area contributed by atoms with Crippen molar-refractivity contribution in [3.05, 3.63) is 88.2 Å². The lowest BCUT2D eigenvalue weighted by Crippen LogP contribution is -2.49. The monoisotopic (exact) mass is 731 g/mol. The lowest BCUT2D eigenvalue weighted by Gasteiger charge is -2.46. The molecule has 1 aromatic heterocycles. The maximum atomic E-state index is 14.6. The first-order chi connectivity index (χ1) is 24.6. The van der Waals surface area contributed by atoms with Crippen LogP contribution in [-0.4, -0.2) is 64.5 Å². The molecular formula is C39H46ClN5O5S. The molecule has 3 aliphatic carbocycles. The van der Waals surface area contributed by atoms with Gasteiger partial charge in [-0.1, -0.05) is 36.7 Å². The molecule has 2 aliphatic heterocycles. The number of allylic oxidation sites excluding steroid dienone is 1. The molecule has 3 heterocycles. The summed E-state index contributed by atoms with van der Waals surface area (Å²) in [6.07, 6.45) is 15.1. The second-order valence-electron chi connectivity index (χ2n) is 15.3. The van der Waals surface area contributed by atoms with E-state index in [9.17, 15) is 13.8 Å². The van der Waals surface area contributed by atoms with Gasteiger partial charge in [0, 0.05) is 42.4 Å².